The van der Waals surface area contributed by atoms with Crippen LogP contribution in [0.5, 0.6) is 0 Å². The normalized spacial score (nSPS) is 33.1. The van der Waals surface area contributed by atoms with Gasteiger partial charge in [0.1, 0.15) is 4.88 Å². The highest BCUT2D eigenvalue weighted by molar-refractivity contribution is 7.07. The molecule has 142 valence electrons. The standard InChI is InChI=1S/C19H27N3O3S/c1-3-25-19(24)15(9-20-18(23)17-10(2)21-22-26-17)16-13-5-11-4-12(7-13)8-14(16)6-11/h11-16H,3-9H2,1-2H3,(H,20,23). The van der Waals surface area contributed by atoms with Crippen LogP contribution < -0.4 is 5.32 Å². The molecule has 0 saturated heterocycles. The molecule has 4 bridgehead atoms. The van der Waals surface area contributed by atoms with Crippen LogP contribution in [0.2, 0.25) is 0 Å². The zero-order valence-corrected chi connectivity index (χ0v) is 16.3. The van der Waals surface area contributed by atoms with Crippen LogP contribution in [0.15, 0.2) is 0 Å². The largest absolute Gasteiger partial charge is 0.466 e. The first-order chi connectivity index (χ1) is 12.6. The SMILES string of the molecule is CCOC(=O)C(CNC(=O)c1snnc1C)C1C2CC3CC(C2)CC1C3. The zero-order chi connectivity index (χ0) is 18.3. The van der Waals surface area contributed by atoms with Crippen LogP contribution in [0.4, 0.5) is 0 Å². The Kier molecular flexibility index (Phi) is 4.99. The molecule has 0 spiro atoms. The molecule has 1 atom stereocenters. The second kappa shape index (κ2) is 7.25. The highest BCUT2D eigenvalue weighted by atomic mass is 32.1. The molecule has 4 saturated carbocycles. The summed E-state index contributed by atoms with van der Waals surface area (Å²) in [6, 6.07) is 0. The molecule has 6 nitrogen and oxygen atoms in total. The van der Waals surface area contributed by atoms with Gasteiger partial charge in [-0.15, -0.1) is 5.10 Å². The van der Waals surface area contributed by atoms with E-state index in [1.165, 1.54) is 32.1 Å². The van der Waals surface area contributed by atoms with Gasteiger partial charge in [-0.05, 0) is 87.1 Å². The maximum Gasteiger partial charge on any atom is 0.311 e. The average Bonchev–Trinajstić information content (AvgIpc) is 3.02. The van der Waals surface area contributed by atoms with Crippen molar-refractivity contribution >= 4 is 23.4 Å². The van der Waals surface area contributed by atoms with Crippen LogP contribution in [0.3, 0.4) is 0 Å². The number of aryl methyl sites for hydroxylation is 1. The first-order valence-corrected chi connectivity index (χ1v) is 10.6. The number of rotatable bonds is 6. The van der Waals surface area contributed by atoms with Gasteiger partial charge in [0.15, 0.2) is 0 Å². The predicted molar refractivity (Wildman–Crippen MR) is 97.6 cm³/mol. The smallest absolute Gasteiger partial charge is 0.311 e. The summed E-state index contributed by atoms with van der Waals surface area (Å²) in [5.74, 6) is 2.72. The molecular weight excluding hydrogens is 350 g/mol. The zero-order valence-electron chi connectivity index (χ0n) is 15.4. The molecule has 0 radical (unpaired) electrons. The Morgan fingerprint density at radius 3 is 2.38 bits per heavy atom. The van der Waals surface area contributed by atoms with Gasteiger partial charge in [0.2, 0.25) is 0 Å². The Bertz CT molecular complexity index is 661. The Hall–Kier alpha value is -1.50. The Balaban J connectivity index is 1.49. The topological polar surface area (TPSA) is 81.2 Å². The van der Waals surface area contributed by atoms with E-state index in [1.54, 1.807) is 6.92 Å². The lowest BCUT2D eigenvalue weighted by Gasteiger charge is -2.56. The molecule has 0 aliphatic heterocycles. The molecule has 1 aromatic heterocycles. The number of esters is 1. The van der Waals surface area contributed by atoms with E-state index >= 15 is 0 Å². The fraction of sp³-hybridized carbons (Fsp3) is 0.789. The summed E-state index contributed by atoms with van der Waals surface area (Å²) in [5, 5.41) is 6.86. The minimum absolute atomic E-state index is 0.149. The van der Waals surface area contributed by atoms with Crippen molar-refractivity contribution in [3.05, 3.63) is 10.6 Å². The number of carbonyl (C=O) groups excluding carboxylic acids is 2. The van der Waals surface area contributed by atoms with E-state index in [0.717, 1.165) is 23.4 Å². The minimum atomic E-state index is -0.241. The van der Waals surface area contributed by atoms with E-state index in [-0.39, 0.29) is 17.8 Å². The Morgan fingerprint density at radius 2 is 1.85 bits per heavy atom. The summed E-state index contributed by atoms with van der Waals surface area (Å²) in [4.78, 5) is 25.7. The van der Waals surface area contributed by atoms with Crippen LogP contribution in [0.25, 0.3) is 0 Å². The number of carbonyl (C=O) groups is 2. The third-order valence-electron chi connectivity index (χ3n) is 6.69. The third-order valence-corrected chi connectivity index (χ3v) is 7.52. The monoisotopic (exact) mass is 377 g/mol. The molecular formula is C19H27N3O3S. The van der Waals surface area contributed by atoms with Crippen LogP contribution in [-0.4, -0.2) is 34.6 Å². The summed E-state index contributed by atoms with van der Waals surface area (Å²) < 4.78 is 9.22. The van der Waals surface area contributed by atoms with Gasteiger partial charge in [0.25, 0.3) is 5.91 Å². The van der Waals surface area contributed by atoms with E-state index < -0.39 is 0 Å². The van der Waals surface area contributed by atoms with E-state index in [1.807, 2.05) is 6.92 Å². The molecule has 1 heterocycles. The number of nitrogens with one attached hydrogen (secondary N) is 1. The van der Waals surface area contributed by atoms with Gasteiger partial charge in [-0.2, -0.15) is 0 Å². The molecule has 1 aromatic rings. The van der Waals surface area contributed by atoms with Crippen molar-refractivity contribution in [1.29, 1.82) is 0 Å². The Labute approximate surface area is 158 Å². The molecule has 1 N–H and O–H groups in total. The van der Waals surface area contributed by atoms with Crippen molar-refractivity contribution in [3.63, 3.8) is 0 Å². The lowest BCUT2D eigenvalue weighted by molar-refractivity contribution is -0.157. The van der Waals surface area contributed by atoms with Crippen molar-refractivity contribution in [1.82, 2.24) is 14.9 Å². The second-order valence-electron chi connectivity index (χ2n) is 8.26. The third kappa shape index (κ3) is 3.26. The quantitative estimate of drug-likeness (QED) is 0.771. The molecule has 1 amide bonds. The van der Waals surface area contributed by atoms with Crippen LogP contribution in [0, 0.1) is 42.4 Å². The van der Waals surface area contributed by atoms with Crippen molar-refractivity contribution in [2.24, 2.45) is 35.5 Å². The first-order valence-electron chi connectivity index (χ1n) is 9.80. The van der Waals surface area contributed by atoms with Gasteiger partial charge in [0, 0.05) is 6.54 Å². The summed E-state index contributed by atoms with van der Waals surface area (Å²) >= 11 is 1.10. The predicted octanol–water partition coefficient (Wildman–Crippen LogP) is 2.83. The molecule has 0 aromatic carbocycles. The molecule has 1 unspecified atom stereocenters. The lowest BCUT2D eigenvalue weighted by Crippen LogP contribution is -2.51. The minimum Gasteiger partial charge on any atom is -0.466 e. The molecule has 4 aliphatic carbocycles. The summed E-state index contributed by atoms with van der Waals surface area (Å²) in [7, 11) is 0. The number of hydrogen-bond acceptors (Lipinski definition) is 6. The number of aromatic nitrogens is 2. The van der Waals surface area contributed by atoms with E-state index in [2.05, 4.69) is 14.9 Å². The summed E-state index contributed by atoms with van der Waals surface area (Å²) in [6.07, 6.45) is 6.38. The lowest BCUT2D eigenvalue weighted by atomic mass is 9.49. The fourth-order valence-electron chi connectivity index (χ4n) is 5.97. The van der Waals surface area contributed by atoms with Gasteiger partial charge in [-0.3, -0.25) is 9.59 Å². The molecule has 26 heavy (non-hydrogen) atoms. The van der Waals surface area contributed by atoms with Crippen molar-refractivity contribution in [2.75, 3.05) is 13.2 Å². The fourth-order valence-corrected chi connectivity index (χ4v) is 6.55. The van der Waals surface area contributed by atoms with Crippen LogP contribution in [0.1, 0.15) is 54.4 Å². The average molecular weight is 378 g/mol. The first kappa shape index (κ1) is 17.9. The summed E-state index contributed by atoms with van der Waals surface area (Å²) in [6.45, 7) is 4.35. The van der Waals surface area contributed by atoms with Crippen LogP contribution >= 0.6 is 11.5 Å². The molecule has 7 heteroatoms. The number of amides is 1. The van der Waals surface area contributed by atoms with E-state index in [0.29, 0.717) is 41.5 Å². The van der Waals surface area contributed by atoms with E-state index in [4.69, 9.17) is 4.74 Å². The highest BCUT2D eigenvalue weighted by Crippen LogP contribution is 2.58. The van der Waals surface area contributed by atoms with Gasteiger partial charge in [-0.1, -0.05) is 4.49 Å². The second-order valence-corrected chi connectivity index (χ2v) is 9.02. The maximum atomic E-state index is 12.7. The molecule has 5 rings (SSSR count). The van der Waals surface area contributed by atoms with Gasteiger partial charge < -0.3 is 10.1 Å². The number of hydrogen-bond donors (Lipinski definition) is 1. The maximum absolute atomic E-state index is 12.7. The van der Waals surface area contributed by atoms with Crippen molar-refractivity contribution < 1.29 is 14.3 Å². The Morgan fingerprint density at radius 1 is 1.19 bits per heavy atom. The summed E-state index contributed by atoms with van der Waals surface area (Å²) in [5.41, 5.74) is 0.634. The highest BCUT2D eigenvalue weighted by Gasteiger charge is 2.52. The van der Waals surface area contributed by atoms with E-state index in [9.17, 15) is 9.59 Å². The van der Waals surface area contributed by atoms with Gasteiger partial charge >= 0.3 is 5.97 Å². The van der Waals surface area contributed by atoms with Gasteiger partial charge in [0.05, 0.1) is 18.2 Å². The van der Waals surface area contributed by atoms with Crippen molar-refractivity contribution in [3.8, 4) is 0 Å². The number of ether oxygens (including phenoxy) is 1. The van der Waals surface area contributed by atoms with Crippen LogP contribution in [-0.2, 0) is 9.53 Å². The van der Waals surface area contributed by atoms with Gasteiger partial charge in [-0.25, -0.2) is 0 Å². The van der Waals surface area contributed by atoms with Crippen molar-refractivity contribution in [2.45, 2.75) is 46.0 Å². The molecule has 4 fully saturated rings. The molecule has 4 aliphatic rings. The number of nitrogens with zero attached hydrogens (tertiary/aromatic N) is 2.